The van der Waals surface area contributed by atoms with Crippen LogP contribution in [0.2, 0.25) is 0 Å². The molecule has 1 aromatic carbocycles. The molecule has 3 N–H and O–H groups in total. The molecule has 0 saturated carbocycles. The number of nitrogens with two attached hydrogens (primary N) is 1. The molecule has 0 spiro atoms. The van der Waals surface area contributed by atoms with Crippen molar-refractivity contribution in [1.29, 1.82) is 0 Å². The van der Waals surface area contributed by atoms with E-state index in [0.717, 1.165) is 5.69 Å². The van der Waals surface area contributed by atoms with E-state index in [9.17, 15) is 4.79 Å². The predicted octanol–water partition coefficient (Wildman–Crippen LogP) is 1.56. The number of aromatic nitrogens is 3. The smallest absolute Gasteiger partial charge is 0.272 e. The molecule has 0 fully saturated rings. The predicted molar refractivity (Wildman–Crippen MR) is 88.9 cm³/mol. The van der Waals surface area contributed by atoms with Gasteiger partial charge in [0.15, 0.2) is 0 Å². The molecule has 1 unspecified atom stereocenters. The first kappa shape index (κ1) is 16.0. The highest BCUT2D eigenvalue weighted by Gasteiger charge is 2.16. The number of fused-ring (bicyclic) bond motifs is 1. The summed E-state index contributed by atoms with van der Waals surface area (Å²) in [5, 5.41) is 3.39. The van der Waals surface area contributed by atoms with Crippen LogP contribution in [-0.4, -0.2) is 28.0 Å². The summed E-state index contributed by atoms with van der Waals surface area (Å²) in [4.78, 5) is 25.1. The second-order valence-electron chi connectivity index (χ2n) is 5.18. The molecule has 0 radical (unpaired) electrons. The van der Waals surface area contributed by atoms with Crippen LogP contribution in [0, 0.1) is 0 Å². The molecule has 0 aliphatic rings. The third-order valence-corrected chi connectivity index (χ3v) is 3.48. The Labute approximate surface area is 138 Å². The van der Waals surface area contributed by atoms with Crippen molar-refractivity contribution in [3.05, 3.63) is 65.9 Å². The van der Waals surface area contributed by atoms with Gasteiger partial charge in [-0.3, -0.25) is 9.78 Å². The highest BCUT2D eigenvalue weighted by atomic mass is 16.5. The highest BCUT2D eigenvalue weighted by molar-refractivity contribution is 6.04. The molecule has 7 nitrogen and oxygen atoms in total. The van der Waals surface area contributed by atoms with Crippen molar-refractivity contribution in [3.63, 3.8) is 0 Å². The number of para-hydroxylation sites is 1. The fourth-order valence-corrected chi connectivity index (χ4v) is 2.37. The van der Waals surface area contributed by atoms with E-state index in [-0.39, 0.29) is 11.6 Å². The Morgan fingerprint density at radius 1 is 1.21 bits per heavy atom. The molecule has 2 heterocycles. The quantitative estimate of drug-likeness (QED) is 0.691. The molecule has 0 saturated heterocycles. The number of rotatable bonds is 5. The van der Waals surface area contributed by atoms with Crippen molar-refractivity contribution in [2.45, 2.75) is 12.8 Å². The monoisotopic (exact) mass is 323 g/mol. The summed E-state index contributed by atoms with van der Waals surface area (Å²) in [6.07, 6.45) is 0.614. The van der Waals surface area contributed by atoms with Crippen molar-refractivity contribution in [1.82, 2.24) is 20.3 Å². The van der Waals surface area contributed by atoms with Gasteiger partial charge in [-0.25, -0.2) is 9.97 Å². The van der Waals surface area contributed by atoms with Gasteiger partial charge in [-0.05, 0) is 18.2 Å². The Kier molecular flexibility index (Phi) is 4.74. The minimum absolute atomic E-state index is 0.282. The van der Waals surface area contributed by atoms with Crippen molar-refractivity contribution in [3.8, 4) is 0 Å². The molecule has 2 aromatic heterocycles. The molecular formula is C17H17N5O2. The van der Waals surface area contributed by atoms with Gasteiger partial charge in [0.2, 0.25) is 0 Å². The van der Waals surface area contributed by atoms with Gasteiger partial charge in [0.1, 0.15) is 18.2 Å². The molecule has 1 amide bonds. The second kappa shape index (κ2) is 7.12. The Morgan fingerprint density at radius 2 is 2.04 bits per heavy atom. The zero-order valence-corrected chi connectivity index (χ0v) is 13.1. The third-order valence-electron chi connectivity index (χ3n) is 3.48. The van der Waals surface area contributed by atoms with Crippen LogP contribution < -0.4 is 11.1 Å². The number of carbonyl (C=O) groups is 1. The fourth-order valence-electron chi connectivity index (χ4n) is 2.37. The molecule has 0 bridgehead atoms. The van der Waals surface area contributed by atoms with Gasteiger partial charge in [-0.15, -0.1) is 0 Å². The lowest BCUT2D eigenvalue weighted by atomic mass is 10.1. The molecular weight excluding hydrogens is 306 g/mol. The van der Waals surface area contributed by atoms with E-state index in [4.69, 9.17) is 10.5 Å². The summed E-state index contributed by atoms with van der Waals surface area (Å²) in [5.74, 6) is -0.375. The number of amides is 1. The molecule has 0 aliphatic carbocycles. The number of ether oxygens (including phenoxy) is 1. The maximum absolute atomic E-state index is 12.5. The van der Waals surface area contributed by atoms with Crippen LogP contribution in [0.15, 0.2) is 48.8 Å². The minimum Gasteiger partial charge on any atom is -0.378 e. The Balaban J connectivity index is 1.82. The number of benzene rings is 1. The first-order chi connectivity index (χ1) is 11.7. The van der Waals surface area contributed by atoms with Crippen molar-refractivity contribution >= 4 is 16.8 Å². The molecule has 7 heteroatoms. The molecule has 0 aliphatic heterocycles. The Morgan fingerprint density at radius 3 is 2.88 bits per heavy atom. The van der Waals surface area contributed by atoms with Crippen LogP contribution in [0.3, 0.4) is 0 Å². The van der Waals surface area contributed by atoms with E-state index in [1.807, 2.05) is 30.3 Å². The van der Waals surface area contributed by atoms with E-state index in [2.05, 4.69) is 20.3 Å². The van der Waals surface area contributed by atoms with E-state index in [0.29, 0.717) is 23.2 Å². The summed E-state index contributed by atoms with van der Waals surface area (Å²) in [6.45, 7) is 0.380. The van der Waals surface area contributed by atoms with Crippen LogP contribution in [0.5, 0.6) is 0 Å². The number of nitrogens with one attached hydrogen (secondary N) is 1. The number of methoxy groups -OCH3 is 1. The van der Waals surface area contributed by atoms with E-state index < -0.39 is 6.17 Å². The van der Waals surface area contributed by atoms with Crippen LogP contribution >= 0.6 is 0 Å². The lowest BCUT2D eigenvalue weighted by Crippen LogP contribution is -2.35. The Hall–Kier alpha value is -2.90. The van der Waals surface area contributed by atoms with Crippen molar-refractivity contribution in [2.75, 3.05) is 7.11 Å². The maximum Gasteiger partial charge on any atom is 0.272 e. The van der Waals surface area contributed by atoms with Gasteiger partial charge in [-0.1, -0.05) is 24.3 Å². The summed E-state index contributed by atoms with van der Waals surface area (Å²) in [7, 11) is 1.59. The molecule has 3 rings (SSSR count). The number of carbonyl (C=O) groups excluding carboxylic acids is 1. The average molecular weight is 323 g/mol. The Bertz CT molecular complexity index is 863. The molecule has 3 aromatic rings. The fraction of sp³-hybridized carbons (Fsp3) is 0.176. The summed E-state index contributed by atoms with van der Waals surface area (Å²) in [6, 6.07) is 12.7. The molecule has 122 valence electrons. The number of pyridine rings is 1. The molecule has 24 heavy (non-hydrogen) atoms. The lowest BCUT2D eigenvalue weighted by Gasteiger charge is -2.14. The first-order valence-corrected chi connectivity index (χ1v) is 7.40. The summed E-state index contributed by atoms with van der Waals surface area (Å²) < 4.78 is 5.05. The summed E-state index contributed by atoms with van der Waals surface area (Å²) >= 11 is 0. The topological polar surface area (TPSA) is 103 Å². The van der Waals surface area contributed by atoms with Crippen LogP contribution in [0.4, 0.5) is 0 Å². The third kappa shape index (κ3) is 3.37. The molecule has 1 atom stereocenters. The van der Waals surface area contributed by atoms with E-state index in [1.54, 1.807) is 19.2 Å². The highest BCUT2D eigenvalue weighted by Crippen LogP contribution is 2.15. The van der Waals surface area contributed by atoms with Gasteiger partial charge < -0.3 is 15.8 Å². The minimum atomic E-state index is -0.747. The number of hydrogen-bond donors (Lipinski definition) is 2. The second-order valence-corrected chi connectivity index (χ2v) is 5.18. The standard InChI is InChI=1S/C17H17N5O2/c1-24-9-11-5-4-8-14(21-11)16(18)22-17(23)15-12-6-2-3-7-13(12)19-10-20-15/h2-8,10,16H,9,18H2,1H3,(H,22,23). The summed E-state index contributed by atoms with van der Waals surface area (Å²) in [5.41, 5.74) is 8.34. The van der Waals surface area contributed by atoms with Crippen LogP contribution in [0.25, 0.3) is 10.9 Å². The zero-order valence-electron chi connectivity index (χ0n) is 13.1. The number of hydrogen-bond acceptors (Lipinski definition) is 6. The van der Waals surface area contributed by atoms with Crippen molar-refractivity contribution < 1.29 is 9.53 Å². The normalized spacial score (nSPS) is 12.1. The van der Waals surface area contributed by atoms with Gasteiger partial charge in [0, 0.05) is 12.5 Å². The van der Waals surface area contributed by atoms with Gasteiger partial charge in [0.25, 0.3) is 5.91 Å². The maximum atomic E-state index is 12.5. The van der Waals surface area contributed by atoms with E-state index in [1.165, 1.54) is 6.33 Å². The number of nitrogens with zero attached hydrogens (tertiary/aromatic N) is 3. The van der Waals surface area contributed by atoms with Gasteiger partial charge in [-0.2, -0.15) is 0 Å². The average Bonchev–Trinajstić information content (AvgIpc) is 2.61. The van der Waals surface area contributed by atoms with Gasteiger partial charge >= 0.3 is 0 Å². The first-order valence-electron chi connectivity index (χ1n) is 7.40. The van der Waals surface area contributed by atoms with Crippen LogP contribution in [-0.2, 0) is 11.3 Å². The zero-order chi connectivity index (χ0) is 16.9. The van der Waals surface area contributed by atoms with Crippen molar-refractivity contribution in [2.24, 2.45) is 5.73 Å². The lowest BCUT2D eigenvalue weighted by molar-refractivity contribution is 0.0933. The van der Waals surface area contributed by atoms with Gasteiger partial charge in [0.05, 0.1) is 23.5 Å². The largest absolute Gasteiger partial charge is 0.378 e. The van der Waals surface area contributed by atoms with E-state index >= 15 is 0 Å². The van der Waals surface area contributed by atoms with Crippen LogP contribution in [0.1, 0.15) is 28.0 Å². The SMILES string of the molecule is COCc1cccc(C(N)NC(=O)c2ncnc3ccccc23)n1.